The highest BCUT2D eigenvalue weighted by Gasteiger charge is 2.20. The Morgan fingerprint density at radius 1 is 1.46 bits per heavy atom. The first kappa shape index (κ1) is 6.88. The average molecular weight is 175 g/mol. The van der Waals surface area contributed by atoms with Crippen molar-refractivity contribution in [1.82, 2.24) is 14.2 Å². The summed E-state index contributed by atoms with van der Waals surface area (Å²) in [6.45, 7) is 4.18. The normalized spacial score (nSPS) is 12.8. The molecule has 0 atom stereocenters. The van der Waals surface area contributed by atoms with Gasteiger partial charge in [-0.25, -0.2) is 4.52 Å². The molecular formula is C9H9N3O. The van der Waals surface area contributed by atoms with Crippen LogP contribution < -0.4 is 5.56 Å². The van der Waals surface area contributed by atoms with Crippen LogP contribution in [0.2, 0.25) is 0 Å². The molecule has 0 saturated carbocycles. The molecule has 0 amide bonds. The Hall–Kier alpha value is -1.58. The number of nitrogens with zero attached hydrogens (tertiary/aromatic N) is 3. The second kappa shape index (κ2) is 1.84. The Morgan fingerprint density at radius 3 is 2.77 bits per heavy atom. The van der Waals surface area contributed by atoms with Crippen LogP contribution in [0.15, 0.2) is 17.2 Å². The largest absolute Gasteiger partial charge is 0.296 e. The topological polar surface area (TPSA) is 38.8 Å². The fraction of sp³-hybridized carbons (Fsp3) is 0.333. The van der Waals surface area contributed by atoms with Crippen molar-refractivity contribution in [2.24, 2.45) is 0 Å². The third-order valence-electron chi connectivity index (χ3n) is 2.56. The Morgan fingerprint density at radius 2 is 2.23 bits per heavy atom. The minimum atomic E-state index is 0.0173. The van der Waals surface area contributed by atoms with E-state index in [2.05, 4.69) is 18.9 Å². The van der Waals surface area contributed by atoms with Gasteiger partial charge in [0.1, 0.15) is 0 Å². The molecule has 4 heteroatoms. The maximum atomic E-state index is 11.6. The lowest BCUT2D eigenvalue weighted by Crippen LogP contribution is -2.16. The molecule has 0 aliphatic rings. The molecule has 3 aromatic heterocycles. The lowest BCUT2D eigenvalue weighted by molar-refractivity contribution is 0.710. The zero-order valence-electron chi connectivity index (χ0n) is 7.48. The van der Waals surface area contributed by atoms with Crippen molar-refractivity contribution in [2.75, 3.05) is 0 Å². The van der Waals surface area contributed by atoms with Gasteiger partial charge in [0.05, 0.1) is 17.1 Å². The summed E-state index contributed by atoms with van der Waals surface area (Å²) >= 11 is 0. The van der Waals surface area contributed by atoms with Gasteiger partial charge in [-0.3, -0.25) is 4.79 Å². The minimum Gasteiger partial charge on any atom is -0.265 e. The van der Waals surface area contributed by atoms with E-state index in [1.165, 1.54) is 4.63 Å². The van der Waals surface area contributed by atoms with E-state index in [1.807, 2.05) is 10.7 Å². The first-order valence-electron chi connectivity index (χ1n) is 4.34. The fourth-order valence-corrected chi connectivity index (χ4v) is 1.89. The summed E-state index contributed by atoms with van der Waals surface area (Å²) in [7, 11) is 0. The van der Waals surface area contributed by atoms with E-state index in [0.717, 1.165) is 16.5 Å². The standard InChI is InChI=1S/C9H9N3O/c1-5(2)6-4-11-7-3-10-12(11)9(13)8(6)7/h3-5H,1-2H3. The van der Waals surface area contributed by atoms with Gasteiger partial charge in [-0.05, 0) is 11.5 Å². The smallest absolute Gasteiger partial charge is 0.265 e. The highest BCUT2D eigenvalue weighted by atomic mass is 16.1. The van der Waals surface area contributed by atoms with Crippen LogP contribution in [0.5, 0.6) is 0 Å². The van der Waals surface area contributed by atoms with Crippen LogP contribution in [-0.4, -0.2) is 14.2 Å². The summed E-state index contributed by atoms with van der Waals surface area (Å²) in [5.74, 6) is 0.396. The lowest BCUT2D eigenvalue weighted by atomic mass is 10.0. The first-order valence-corrected chi connectivity index (χ1v) is 4.34. The molecule has 0 fully saturated rings. The SMILES string of the molecule is CC(C)c1cn2c3cnn2c(=O)c13. The van der Waals surface area contributed by atoms with Gasteiger partial charge >= 0.3 is 0 Å². The molecule has 4 nitrogen and oxygen atoms in total. The van der Waals surface area contributed by atoms with E-state index in [9.17, 15) is 4.79 Å². The van der Waals surface area contributed by atoms with Gasteiger partial charge in [0.2, 0.25) is 0 Å². The zero-order chi connectivity index (χ0) is 9.16. The van der Waals surface area contributed by atoms with Crippen molar-refractivity contribution >= 4 is 10.9 Å². The Bertz CT molecular complexity index is 604. The molecule has 3 rings (SSSR count). The summed E-state index contributed by atoms with van der Waals surface area (Å²) in [4.78, 5) is 11.6. The molecule has 0 N–H and O–H groups in total. The van der Waals surface area contributed by atoms with E-state index in [-0.39, 0.29) is 5.56 Å². The molecule has 3 heterocycles. The molecule has 0 aliphatic heterocycles. The van der Waals surface area contributed by atoms with E-state index < -0.39 is 0 Å². The van der Waals surface area contributed by atoms with Gasteiger partial charge in [0.25, 0.3) is 5.56 Å². The highest BCUT2D eigenvalue weighted by Crippen LogP contribution is 2.25. The van der Waals surface area contributed by atoms with E-state index in [0.29, 0.717) is 5.92 Å². The quantitative estimate of drug-likeness (QED) is 0.552. The van der Waals surface area contributed by atoms with E-state index >= 15 is 0 Å². The minimum absolute atomic E-state index is 0.0173. The third-order valence-corrected chi connectivity index (χ3v) is 2.56. The summed E-state index contributed by atoms with van der Waals surface area (Å²) < 4.78 is 3.21. The van der Waals surface area contributed by atoms with Gasteiger partial charge in [-0.2, -0.15) is 5.10 Å². The van der Waals surface area contributed by atoms with Crippen LogP contribution in [0.1, 0.15) is 25.3 Å². The maximum absolute atomic E-state index is 11.6. The van der Waals surface area contributed by atoms with Gasteiger partial charge < -0.3 is 0 Å². The molecule has 0 aromatic carbocycles. The van der Waals surface area contributed by atoms with Crippen LogP contribution in [0, 0.1) is 0 Å². The Kier molecular flexibility index (Phi) is 0.974. The molecule has 4 bridgehead atoms. The predicted molar refractivity (Wildman–Crippen MR) is 48.9 cm³/mol. The summed E-state index contributed by atoms with van der Waals surface area (Å²) in [5.41, 5.74) is 2.08. The van der Waals surface area contributed by atoms with Crippen LogP contribution in [-0.2, 0) is 0 Å². The third kappa shape index (κ3) is 0.589. The number of rotatable bonds is 1. The molecular weight excluding hydrogens is 166 g/mol. The lowest BCUT2D eigenvalue weighted by Gasteiger charge is -2.01. The molecule has 0 aliphatic carbocycles. The zero-order valence-corrected chi connectivity index (χ0v) is 7.48. The molecule has 66 valence electrons. The highest BCUT2D eigenvalue weighted by molar-refractivity contribution is 5.84. The molecule has 3 aromatic rings. The van der Waals surface area contributed by atoms with E-state index in [1.54, 1.807) is 6.20 Å². The molecule has 0 saturated heterocycles. The fourth-order valence-electron chi connectivity index (χ4n) is 1.89. The Labute approximate surface area is 74.0 Å². The van der Waals surface area contributed by atoms with Gasteiger partial charge in [0.15, 0.2) is 0 Å². The number of aromatic nitrogens is 3. The van der Waals surface area contributed by atoms with Crippen molar-refractivity contribution in [3.05, 3.63) is 28.3 Å². The second-order valence-electron chi connectivity index (χ2n) is 3.68. The average Bonchev–Trinajstić information content (AvgIpc) is 2.64. The van der Waals surface area contributed by atoms with Crippen molar-refractivity contribution in [2.45, 2.75) is 19.8 Å². The molecule has 0 spiro atoms. The molecule has 0 radical (unpaired) electrons. The van der Waals surface area contributed by atoms with Gasteiger partial charge in [-0.1, -0.05) is 13.8 Å². The van der Waals surface area contributed by atoms with Crippen molar-refractivity contribution < 1.29 is 0 Å². The van der Waals surface area contributed by atoms with Gasteiger partial charge in [0, 0.05) is 6.20 Å². The number of hydrogen-bond donors (Lipinski definition) is 0. The predicted octanol–water partition coefficient (Wildman–Crippen LogP) is 0.946. The summed E-state index contributed by atoms with van der Waals surface area (Å²) in [6, 6.07) is 0. The summed E-state index contributed by atoms with van der Waals surface area (Å²) in [5, 5.41) is 4.78. The molecule has 13 heavy (non-hydrogen) atoms. The van der Waals surface area contributed by atoms with Crippen LogP contribution in [0.25, 0.3) is 10.9 Å². The van der Waals surface area contributed by atoms with Crippen LogP contribution in [0.3, 0.4) is 0 Å². The van der Waals surface area contributed by atoms with Gasteiger partial charge in [-0.15, -0.1) is 4.63 Å². The monoisotopic (exact) mass is 175 g/mol. The second-order valence-corrected chi connectivity index (χ2v) is 3.68. The Balaban J connectivity index is 2.59. The number of hydrogen-bond acceptors (Lipinski definition) is 2. The van der Waals surface area contributed by atoms with Crippen molar-refractivity contribution in [1.29, 1.82) is 0 Å². The first-order chi connectivity index (χ1) is 6.20. The van der Waals surface area contributed by atoms with E-state index in [4.69, 9.17) is 0 Å². The van der Waals surface area contributed by atoms with Crippen LogP contribution >= 0.6 is 0 Å². The maximum Gasteiger partial charge on any atom is 0.296 e. The van der Waals surface area contributed by atoms with Crippen molar-refractivity contribution in [3.63, 3.8) is 0 Å². The van der Waals surface area contributed by atoms with Crippen molar-refractivity contribution in [3.8, 4) is 0 Å². The van der Waals surface area contributed by atoms with Crippen LogP contribution in [0.4, 0.5) is 0 Å². The molecule has 0 unspecified atom stereocenters. The summed E-state index contributed by atoms with van der Waals surface area (Å²) in [6.07, 6.45) is 3.73.